The number of carbonyl (C=O) groups is 3. The van der Waals surface area contributed by atoms with Crippen LogP contribution in [0.25, 0.3) is 0 Å². The van der Waals surface area contributed by atoms with Crippen molar-refractivity contribution in [2.45, 2.75) is 31.8 Å². The minimum atomic E-state index is -1.17. The molecule has 1 rings (SSSR count). The number of hydrogen-bond acceptors (Lipinski definition) is 4. The fraction of sp³-hybridized carbons (Fsp3) is 0.667. The van der Waals surface area contributed by atoms with Gasteiger partial charge in [-0.05, 0) is 6.42 Å². The highest BCUT2D eigenvalue weighted by molar-refractivity contribution is 6.00. The number of rotatable bonds is 4. The summed E-state index contributed by atoms with van der Waals surface area (Å²) in [7, 11) is 1.17. The average molecular weight is 215 g/mol. The molecule has 1 heterocycles. The van der Waals surface area contributed by atoms with Gasteiger partial charge in [-0.15, -0.1) is 0 Å². The monoisotopic (exact) mass is 215 g/mol. The number of esters is 1. The molecule has 1 aliphatic rings. The molecule has 0 radical (unpaired) electrons. The van der Waals surface area contributed by atoms with E-state index in [1.807, 2.05) is 6.92 Å². The number of carboxylic acid groups (broad SMARTS) is 1. The van der Waals surface area contributed by atoms with E-state index >= 15 is 0 Å². The lowest BCUT2D eigenvalue weighted by molar-refractivity contribution is -0.143. The van der Waals surface area contributed by atoms with Crippen molar-refractivity contribution in [3.8, 4) is 0 Å². The van der Waals surface area contributed by atoms with Crippen molar-refractivity contribution in [1.29, 1.82) is 0 Å². The van der Waals surface area contributed by atoms with E-state index in [2.05, 4.69) is 4.74 Å². The highest BCUT2D eigenvalue weighted by atomic mass is 16.5. The topological polar surface area (TPSA) is 83.7 Å². The Morgan fingerprint density at radius 1 is 1.33 bits per heavy atom. The number of aliphatic carboxylic acids is 1. The molecule has 84 valence electrons. The summed E-state index contributed by atoms with van der Waals surface area (Å²) >= 11 is 0. The second-order valence-corrected chi connectivity index (χ2v) is 3.30. The number of carbonyl (C=O) groups excluding carboxylic acids is 2. The van der Waals surface area contributed by atoms with E-state index in [-0.39, 0.29) is 12.3 Å². The molecule has 0 spiro atoms. The first-order valence-corrected chi connectivity index (χ1v) is 4.66. The summed E-state index contributed by atoms with van der Waals surface area (Å²) in [5, 5.41) is 8.75. The molecular formula is C9H13NO5. The normalized spacial score (nSPS) is 23.5. The summed E-state index contributed by atoms with van der Waals surface area (Å²) < 4.78 is 4.42. The Kier molecular flexibility index (Phi) is 3.28. The first-order chi connectivity index (χ1) is 7.04. The van der Waals surface area contributed by atoms with Crippen molar-refractivity contribution in [2.75, 3.05) is 7.11 Å². The molecule has 0 bridgehead atoms. The third-order valence-electron chi connectivity index (χ3n) is 2.26. The summed E-state index contributed by atoms with van der Waals surface area (Å²) in [6.45, 7) is 1.81. The maximum Gasteiger partial charge on any atom is 0.331 e. The maximum absolute atomic E-state index is 11.4. The summed E-state index contributed by atoms with van der Waals surface area (Å²) in [6.07, 6.45) is 0.868. The molecule has 15 heavy (non-hydrogen) atoms. The maximum atomic E-state index is 11.4. The van der Waals surface area contributed by atoms with Crippen LogP contribution < -0.4 is 0 Å². The van der Waals surface area contributed by atoms with Crippen LogP contribution in [-0.2, 0) is 19.1 Å². The van der Waals surface area contributed by atoms with Crippen molar-refractivity contribution >= 4 is 17.8 Å². The molecule has 0 unspecified atom stereocenters. The predicted octanol–water partition coefficient (Wildman–Crippen LogP) is -0.376. The third-order valence-corrected chi connectivity index (χ3v) is 2.26. The van der Waals surface area contributed by atoms with Gasteiger partial charge < -0.3 is 14.7 Å². The van der Waals surface area contributed by atoms with E-state index in [4.69, 9.17) is 5.11 Å². The number of nitrogens with zero attached hydrogens (tertiary/aromatic N) is 1. The van der Waals surface area contributed by atoms with Gasteiger partial charge in [0.15, 0.2) is 12.1 Å². The van der Waals surface area contributed by atoms with Gasteiger partial charge in [-0.25, -0.2) is 9.59 Å². The number of methoxy groups -OCH3 is 1. The van der Waals surface area contributed by atoms with Gasteiger partial charge in [-0.3, -0.25) is 4.79 Å². The molecule has 0 aromatic rings. The summed E-state index contributed by atoms with van der Waals surface area (Å²) in [5.74, 6) is -2.16. The summed E-state index contributed by atoms with van der Waals surface area (Å²) in [6, 6.07) is -1.98. The molecule has 6 heteroatoms. The fourth-order valence-electron chi connectivity index (χ4n) is 1.50. The molecule has 0 aliphatic carbocycles. The van der Waals surface area contributed by atoms with E-state index < -0.39 is 24.0 Å². The molecule has 2 atom stereocenters. The molecule has 1 saturated heterocycles. The van der Waals surface area contributed by atoms with Crippen LogP contribution in [0.2, 0.25) is 0 Å². The molecule has 1 fully saturated rings. The molecule has 1 aliphatic heterocycles. The molecule has 6 nitrogen and oxygen atoms in total. The fourth-order valence-corrected chi connectivity index (χ4v) is 1.50. The van der Waals surface area contributed by atoms with Gasteiger partial charge in [0.2, 0.25) is 5.91 Å². The zero-order valence-corrected chi connectivity index (χ0v) is 8.60. The Labute approximate surface area is 86.8 Å². The smallest absolute Gasteiger partial charge is 0.331 e. The summed E-state index contributed by atoms with van der Waals surface area (Å²) in [5.41, 5.74) is 0. The zero-order chi connectivity index (χ0) is 11.6. The minimum Gasteiger partial charge on any atom is -0.480 e. The molecular weight excluding hydrogens is 202 g/mol. The Morgan fingerprint density at radius 2 is 1.93 bits per heavy atom. The summed E-state index contributed by atoms with van der Waals surface area (Å²) in [4.78, 5) is 34.3. The lowest BCUT2D eigenvalue weighted by Crippen LogP contribution is -2.19. The zero-order valence-electron chi connectivity index (χ0n) is 8.60. The van der Waals surface area contributed by atoms with E-state index in [9.17, 15) is 14.4 Å². The number of hydrogen-bond donors (Lipinski definition) is 1. The first kappa shape index (κ1) is 11.5. The number of carboxylic acids is 1. The van der Waals surface area contributed by atoms with Crippen LogP contribution in [0.15, 0.2) is 0 Å². The van der Waals surface area contributed by atoms with Gasteiger partial charge >= 0.3 is 11.9 Å². The highest BCUT2D eigenvalue weighted by Gasteiger charge is 2.60. The van der Waals surface area contributed by atoms with Crippen molar-refractivity contribution in [3.63, 3.8) is 0 Å². The van der Waals surface area contributed by atoms with E-state index in [0.29, 0.717) is 6.42 Å². The van der Waals surface area contributed by atoms with Crippen molar-refractivity contribution in [1.82, 2.24) is 4.90 Å². The Bertz CT molecular complexity index is 301. The van der Waals surface area contributed by atoms with Gasteiger partial charge in [0.1, 0.15) is 0 Å². The average Bonchev–Trinajstić information content (AvgIpc) is 2.92. The van der Waals surface area contributed by atoms with E-state index in [1.165, 1.54) is 7.11 Å². The number of amides is 1. The lowest BCUT2D eigenvalue weighted by Gasteiger charge is -2.00. The Hall–Kier alpha value is -1.59. The first-order valence-electron chi connectivity index (χ1n) is 4.66. The van der Waals surface area contributed by atoms with Crippen LogP contribution in [0.5, 0.6) is 0 Å². The van der Waals surface area contributed by atoms with Gasteiger partial charge in [0.25, 0.3) is 0 Å². The lowest BCUT2D eigenvalue weighted by atomic mass is 10.3. The Balaban J connectivity index is 2.69. The van der Waals surface area contributed by atoms with E-state index in [1.54, 1.807) is 0 Å². The Morgan fingerprint density at radius 3 is 2.33 bits per heavy atom. The molecule has 1 amide bonds. The second-order valence-electron chi connectivity index (χ2n) is 3.30. The van der Waals surface area contributed by atoms with Crippen LogP contribution in [-0.4, -0.2) is 47.0 Å². The van der Waals surface area contributed by atoms with Gasteiger partial charge in [0, 0.05) is 6.42 Å². The standard InChI is InChI=1S/C9H13NO5/c1-3-4-5(11)10-6(8(12)13)7(10)9(14)15-2/h6-7H,3-4H2,1-2H3,(H,12,13)/t6-,7-,10?/m0/s1. The van der Waals surface area contributed by atoms with E-state index in [0.717, 1.165) is 4.90 Å². The molecule has 0 aromatic carbocycles. The highest BCUT2D eigenvalue weighted by Crippen LogP contribution is 2.30. The third kappa shape index (κ3) is 2.08. The van der Waals surface area contributed by atoms with Gasteiger partial charge in [-0.2, -0.15) is 0 Å². The molecule has 1 N–H and O–H groups in total. The predicted molar refractivity (Wildman–Crippen MR) is 49.0 cm³/mol. The molecule has 0 saturated carbocycles. The van der Waals surface area contributed by atoms with Crippen molar-refractivity contribution in [2.24, 2.45) is 0 Å². The van der Waals surface area contributed by atoms with Gasteiger partial charge in [-0.1, -0.05) is 6.92 Å². The van der Waals surface area contributed by atoms with Crippen molar-refractivity contribution in [3.05, 3.63) is 0 Å². The van der Waals surface area contributed by atoms with Crippen LogP contribution in [0.4, 0.5) is 0 Å². The number of ether oxygens (including phenoxy) is 1. The quantitative estimate of drug-likeness (QED) is 0.510. The second kappa shape index (κ2) is 4.29. The van der Waals surface area contributed by atoms with Crippen molar-refractivity contribution < 1.29 is 24.2 Å². The van der Waals surface area contributed by atoms with Crippen LogP contribution in [0.1, 0.15) is 19.8 Å². The van der Waals surface area contributed by atoms with Crippen LogP contribution in [0, 0.1) is 0 Å². The molecule has 0 aromatic heterocycles. The van der Waals surface area contributed by atoms with Crippen LogP contribution in [0.3, 0.4) is 0 Å². The minimum absolute atomic E-state index is 0.247. The van der Waals surface area contributed by atoms with Crippen LogP contribution >= 0.6 is 0 Å². The largest absolute Gasteiger partial charge is 0.480 e. The SMILES string of the molecule is CCCC(=O)N1[C@H](C(=O)O)[C@H]1C(=O)OC. The van der Waals surface area contributed by atoms with Gasteiger partial charge in [0.05, 0.1) is 7.11 Å².